The Hall–Kier alpha value is -3.52. The van der Waals surface area contributed by atoms with Crippen LogP contribution < -0.4 is 20.1 Å². The predicted octanol–water partition coefficient (Wildman–Crippen LogP) is 3.97. The Morgan fingerprint density at radius 2 is 1.57 bits per heavy atom. The van der Waals surface area contributed by atoms with E-state index in [4.69, 9.17) is 26.2 Å². The van der Waals surface area contributed by atoms with E-state index >= 15 is 0 Å². The first-order chi connectivity index (χ1) is 14.3. The Morgan fingerprint density at radius 1 is 0.967 bits per heavy atom. The summed E-state index contributed by atoms with van der Waals surface area (Å²) < 4.78 is 11.2. The average Bonchev–Trinajstić information content (AvgIpc) is 2.69. The molecule has 0 saturated carbocycles. The van der Waals surface area contributed by atoms with Crippen molar-refractivity contribution >= 4 is 40.8 Å². The highest BCUT2D eigenvalue weighted by molar-refractivity contribution is 6.31. The molecule has 0 aliphatic rings. The molecule has 3 N–H and O–H groups in total. The minimum Gasteiger partial charge on any atom is -0.492 e. The SMILES string of the molecule is CCOc1cc(NC(=O)c2cccc(Cl)c2)c(OCC)cc1NC(=O)/C=C/C(=O)O. The number of halogens is 1. The van der Waals surface area contributed by atoms with Gasteiger partial charge in [-0.2, -0.15) is 0 Å². The summed E-state index contributed by atoms with van der Waals surface area (Å²) in [6.45, 7) is 4.13. The van der Waals surface area contributed by atoms with Crippen molar-refractivity contribution in [2.75, 3.05) is 23.8 Å². The van der Waals surface area contributed by atoms with Crippen molar-refractivity contribution in [3.05, 3.63) is 59.1 Å². The van der Waals surface area contributed by atoms with Crippen molar-refractivity contribution in [2.24, 2.45) is 0 Å². The Balaban J connectivity index is 2.37. The maximum Gasteiger partial charge on any atom is 0.328 e. The molecule has 2 amide bonds. The van der Waals surface area contributed by atoms with E-state index in [-0.39, 0.29) is 11.4 Å². The van der Waals surface area contributed by atoms with Crippen LogP contribution in [0.4, 0.5) is 11.4 Å². The smallest absolute Gasteiger partial charge is 0.328 e. The number of ether oxygens (including phenoxy) is 2. The van der Waals surface area contributed by atoms with Crippen LogP contribution in [0.25, 0.3) is 0 Å². The zero-order valence-corrected chi connectivity index (χ0v) is 17.2. The van der Waals surface area contributed by atoms with E-state index in [9.17, 15) is 14.4 Å². The third-order valence-electron chi connectivity index (χ3n) is 3.65. The van der Waals surface area contributed by atoms with Crippen molar-refractivity contribution < 1.29 is 29.0 Å². The summed E-state index contributed by atoms with van der Waals surface area (Å²) in [7, 11) is 0. The van der Waals surface area contributed by atoms with Gasteiger partial charge >= 0.3 is 5.97 Å². The Morgan fingerprint density at radius 3 is 2.10 bits per heavy atom. The van der Waals surface area contributed by atoms with Gasteiger partial charge in [0.15, 0.2) is 0 Å². The molecule has 0 aliphatic heterocycles. The molecule has 0 atom stereocenters. The minimum absolute atomic E-state index is 0.265. The van der Waals surface area contributed by atoms with Crippen molar-refractivity contribution in [3.8, 4) is 11.5 Å². The number of aliphatic carboxylic acids is 1. The van der Waals surface area contributed by atoms with Crippen LogP contribution in [0, 0.1) is 0 Å². The standard InChI is InChI=1S/C21H21ClN2O6/c1-3-29-17-12-16(24-21(28)13-6-5-7-14(22)10-13)18(30-4-2)11-15(17)23-19(25)8-9-20(26)27/h5-12H,3-4H2,1-2H3,(H,23,25)(H,24,28)(H,26,27)/b9-8+. The van der Waals surface area contributed by atoms with Crippen LogP contribution in [0.1, 0.15) is 24.2 Å². The number of anilines is 2. The van der Waals surface area contributed by atoms with Crippen LogP contribution in [0.2, 0.25) is 5.02 Å². The summed E-state index contributed by atoms with van der Waals surface area (Å²) in [6, 6.07) is 9.49. The summed E-state index contributed by atoms with van der Waals surface area (Å²) >= 11 is 5.95. The van der Waals surface area contributed by atoms with Gasteiger partial charge in [0, 0.05) is 34.9 Å². The first-order valence-electron chi connectivity index (χ1n) is 9.06. The van der Waals surface area contributed by atoms with E-state index < -0.39 is 17.8 Å². The number of carbonyl (C=O) groups is 3. The Bertz CT molecular complexity index is 974. The Kier molecular flexibility index (Phi) is 8.25. The van der Waals surface area contributed by atoms with Crippen molar-refractivity contribution in [1.29, 1.82) is 0 Å². The Labute approximate surface area is 178 Å². The maximum atomic E-state index is 12.6. The van der Waals surface area contributed by atoms with Gasteiger partial charge < -0.3 is 25.2 Å². The molecule has 0 fully saturated rings. The zero-order valence-electron chi connectivity index (χ0n) is 16.4. The van der Waals surface area contributed by atoms with Gasteiger partial charge in [-0.25, -0.2) is 4.79 Å². The molecule has 0 radical (unpaired) electrons. The van der Waals surface area contributed by atoms with E-state index in [2.05, 4.69) is 10.6 Å². The fourth-order valence-electron chi connectivity index (χ4n) is 2.45. The van der Waals surface area contributed by atoms with Crippen molar-refractivity contribution in [1.82, 2.24) is 0 Å². The van der Waals surface area contributed by atoms with Crippen molar-refractivity contribution in [2.45, 2.75) is 13.8 Å². The van der Waals surface area contributed by atoms with Gasteiger partial charge in [-0.3, -0.25) is 9.59 Å². The van der Waals surface area contributed by atoms with Gasteiger partial charge in [0.05, 0.1) is 24.6 Å². The summed E-state index contributed by atoms with van der Waals surface area (Å²) in [4.78, 5) is 35.2. The molecule has 0 aromatic heterocycles. The van der Waals surface area contributed by atoms with Gasteiger partial charge in [0.1, 0.15) is 11.5 Å². The molecule has 8 nitrogen and oxygen atoms in total. The first-order valence-corrected chi connectivity index (χ1v) is 9.44. The molecule has 158 valence electrons. The molecule has 9 heteroatoms. The highest BCUT2D eigenvalue weighted by Gasteiger charge is 2.16. The fourth-order valence-corrected chi connectivity index (χ4v) is 2.64. The third-order valence-corrected chi connectivity index (χ3v) is 3.89. The van der Waals surface area contributed by atoms with Crippen LogP contribution in [-0.2, 0) is 9.59 Å². The molecule has 2 aromatic carbocycles. The molecule has 0 aliphatic carbocycles. The molecule has 2 aromatic rings. The topological polar surface area (TPSA) is 114 Å². The molecule has 2 rings (SSSR count). The summed E-state index contributed by atoms with van der Waals surface area (Å²) in [6.07, 6.45) is 1.60. The molecule has 0 heterocycles. The molecular weight excluding hydrogens is 412 g/mol. The van der Waals surface area contributed by atoms with Crippen LogP contribution in [0.5, 0.6) is 11.5 Å². The van der Waals surface area contributed by atoms with E-state index in [0.717, 1.165) is 12.2 Å². The van der Waals surface area contributed by atoms with Crippen molar-refractivity contribution in [3.63, 3.8) is 0 Å². The van der Waals surface area contributed by atoms with Crippen LogP contribution in [0.3, 0.4) is 0 Å². The fraction of sp³-hybridized carbons (Fsp3) is 0.190. The lowest BCUT2D eigenvalue weighted by Gasteiger charge is -2.17. The maximum absolute atomic E-state index is 12.6. The van der Waals surface area contributed by atoms with E-state index in [0.29, 0.717) is 35.2 Å². The zero-order chi connectivity index (χ0) is 22.1. The summed E-state index contributed by atoms with van der Waals surface area (Å²) in [5, 5.41) is 14.4. The second-order valence-corrected chi connectivity index (χ2v) is 6.27. The number of carboxylic acids is 1. The average molecular weight is 433 g/mol. The van der Waals surface area contributed by atoms with Crippen LogP contribution in [0.15, 0.2) is 48.6 Å². The number of benzene rings is 2. The second kappa shape index (κ2) is 10.9. The molecule has 0 unspecified atom stereocenters. The first kappa shape index (κ1) is 22.8. The largest absolute Gasteiger partial charge is 0.492 e. The van der Waals surface area contributed by atoms with E-state index in [1.165, 1.54) is 18.2 Å². The van der Waals surface area contributed by atoms with Gasteiger partial charge in [0.2, 0.25) is 5.91 Å². The molecule has 0 bridgehead atoms. The third kappa shape index (κ3) is 6.52. The number of carboxylic acid groups (broad SMARTS) is 1. The monoisotopic (exact) mass is 432 g/mol. The predicted molar refractivity (Wildman–Crippen MR) is 114 cm³/mol. The quantitative estimate of drug-likeness (QED) is 0.516. The van der Waals surface area contributed by atoms with Crippen LogP contribution >= 0.6 is 11.6 Å². The normalized spacial score (nSPS) is 10.5. The lowest BCUT2D eigenvalue weighted by molar-refractivity contribution is -0.131. The number of hydrogen-bond acceptors (Lipinski definition) is 5. The van der Waals surface area contributed by atoms with Crippen LogP contribution in [-0.4, -0.2) is 36.1 Å². The van der Waals surface area contributed by atoms with E-state index in [1.54, 1.807) is 32.0 Å². The molecule has 0 saturated heterocycles. The highest BCUT2D eigenvalue weighted by Crippen LogP contribution is 2.37. The molecular formula is C21H21ClN2O6. The number of hydrogen-bond donors (Lipinski definition) is 3. The summed E-state index contributed by atoms with van der Waals surface area (Å²) in [5.41, 5.74) is 0.963. The minimum atomic E-state index is -1.25. The molecule has 30 heavy (non-hydrogen) atoms. The van der Waals surface area contributed by atoms with Gasteiger partial charge in [0.25, 0.3) is 5.91 Å². The van der Waals surface area contributed by atoms with Gasteiger partial charge in [-0.1, -0.05) is 17.7 Å². The second-order valence-electron chi connectivity index (χ2n) is 5.84. The van der Waals surface area contributed by atoms with Gasteiger partial charge in [-0.15, -0.1) is 0 Å². The lowest BCUT2D eigenvalue weighted by Crippen LogP contribution is -2.15. The number of carbonyl (C=O) groups excluding carboxylic acids is 2. The summed E-state index contributed by atoms with van der Waals surface area (Å²) in [5.74, 6) is -1.73. The molecule has 0 spiro atoms. The number of amides is 2. The lowest BCUT2D eigenvalue weighted by atomic mass is 10.2. The van der Waals surface area contributed by atoms with Gasteiger partial charge in [-0.05, 0) is 32.0 Å². The number of rotatable bonds is 9. The van der Waals surface area contributed by atoms with E-state index in [1.807, 2.05) is 0 Å². The number of nitrogens with one attached hydrogen (secondary N) is 2. The highest BCUT2D eigenvalue weighted by atomic mass is 35.5.